The monoisotopic (exact) mass is 319 g/mol. The van der Waals surface area contributed by atoms with Crippen molar-refractivity contribution in [3.8, 4) is 5.75 Å². The minimum absolute atomic E-state index is 0.0234. The molecule has 5 nitrogen and oxygen atoms in total. The Hall–Kier alpha value is -1.80. The van der Waals surface area contributed by atoms with Crippen molar-refractivity contribution in [3.63, 3.8) is 0 Å². The van der Waals surface area contributed by atoms with Crippen LogP contribution < -0.4 is 10.2 Å². The Bertz CT molecular complexity index is 527. The Labute approximate surface area is 125 Å². The molecule has 2 rings (SSSR count). The third kappa shape index (κ3) is 4.35. The van der Waals surface area contributed by atoms with Crippen molar-refractivity contribution in [2.24, 2.45) is 5.92 Å². The first kappa shape index (κ1) is 16.6. The maximum absolute atomic E-state index is 12.9. The van der Waals surface area contributed by atoms with Crippen LogP contribution in [0.4, 0.5) is 13.2 Å². The summed E-state index contributed by atoms with van der Waals surface area (Å²) in [6.07, 6.45) is -3.78. The number of ether oxygens (including phenoxy) is 2. The molecule has 1 heterocycles. The number of carbonyl (C=O) groups is 1. The number of hydroxylamine groups is 1. The van der Waals surface area contributed by atoms with Crippen LogP contribution in [0.2, 0.25) is 0 Å². The number of halogens is 3. The zero-order chi connectivity index (χ0) is 16.2. The predicted octanol–water partition coefficient (Wildman–Crippen LogP) is 2.41. The first-order valence-electron chi connectivity index (χ1n) is 6.71. The molecule has 1 aliphatic rings. The zero-order valence-corrected chi connectivity index (χ0v) is 11.9. The standard InChI is InChI=1S/C14H16F3NO4/c1-18-22-13(19)10-4-11(14(15,16)17)6-12(5-10)21-8-9-2-3-20-7-9/h4-6,9,18H,2-3,7-8H2,1H3. The molecular formula is C14H16F3NO4. The molecule has 1 unspecified atom stereocenters. The van der Waals surface area contributed by atoms with Crippen LogP contribution in [-0.2, 0) is 15.8 Å². The Morgan fingerprint density at radius 3 is 2.77 bits per heavy atom. The second-order valence-electron chi connectivity index (χ2n) is 4.88. The molecule has 0 amide bonds. The van der Waals surface area contributed by atoms with Crippen LogP contribution in [0.25, 0.3) is 0 Å². The van der Waals surface area contributed by atoms with Gasteiger partial charge in [0.15, 0.2) is 0 Å². The van der Waals surface area contributed by atoms with Crippen molar-refractivity contribution in [1.29, 1.82) is 0 Å². The molecule has 1 aliphatic heterocycles. The highest BCUT2D eigenvalue weighted by molar-refractivity contribution is 5.90. The van der Waals surface area contributed by atoms with Crippen molar-refractivity contribution < 1.29 is 32.3 Å². The fourth-order valence-electron chi connectivity index (χ4n) is 2.04. The van der Waals surface area contributed by atoms with Crippen LogP contribution >= 0.6 is 0 Å². The SMILES string of the molecule is CNOC(=O)c1cc(OCC2CCOC2)cc(C(F)(F)F)c1. The van der Waals surface area contributed by atoms with E-state index in [9.17, 15) is 18.0 Å². The van der Waals surface area contributed by atoms with Gasteiger partial charge in [-0.1, -0.05) is 0 Å². The van der Waals surface area contributed by atoms with Gasteiger partial charge in [-0.3, -0.25) is 0 Å². The van der Waals surface area contributed by atoms with Crippen LogP contribution in [0.3, 0.4) is 0 Å². The van der Waals surface area contributed by atoms with E-state index in [1.54, 1.807) is 0 Å². The largest absolute Gasteiger partial charge is 0.493 e. The lowest BCUT2D eigenvalue weighted by molar-refractivity contribution is -0.137. The Kier molecular flexibility index (Phi) is 5.25. The summed E-state index contributed by atoms with van der Waals surface area (Å²) in [6.45, 7) is 1.38. The Morgan fingerprint density at radius 1 is 1.41 bits per heavy atom. The third-order valence-corrected chi connectivity index (χ3v) is 3.17. The van der Waals surface area contributed by atoms with Gasteiger partial charge in [-0.2, -0.15) is 18.7 Å². The molecule has 0 saturated carbocycles. The quantitative estimate of drug-likeness (QED) is 0.845. The molecule has 22 heavy (non-hydrogen) atoms. The average Bonchev–Trinajstić information content (AvgIpc) is 2.97. The van der Waals surface area contributed by atoms with E-state index < -0.39 is 17.7 Å². The smallest absolute Gasteiger partial charge is 0.416 e. The number of carbonyl (C=O) groups excluding carboxylic acids is 1. The maximum Gasteiger partial charge on any atom is 0.416 e. The number of nitrogens with one attached hydrogen (secondary N) is 1. The van der Waals surface area contributed by atoms with Crippen molar-refractivity contribution in [2.45, 2.75) is 12.6 Å². The number of hydrogen-bond donors (Lipinski definition) is 1. The summed E-state index contributed by atoms with van der Waals surface area (Å²) in [7, 11) is 1.34. The predicted molar refractivity (Wildman–Crippen MR) is 70.3 cm³/mol. The topological polar surface area (TPSA) is 56.8 Å². The Morgan fingerprint density at radius 2 is 2.18 bits per heavy atom. The molecule has 1 aromatic carbocycles. The summed E-state index contributed by atoms with van der Waals surface area (Å²) in [5.41, 5.74) is 0.936. The number of benzene rings is 1. The van der Waals surface area contributed by atoms with Crippen LogP contribution in [0, 0.1) is 5.92 Å². The van der Waals surface area contributed by atoms with Crippen molar-refractivity contribution in [1.82, 2.24) is 5.48 Å². The summed E-state index contributed by atoms with van der Waals surface area (Å²) in [5.74, 6) is -0.797. The fourth-order valence-corrected chi connectivity index (χ4v) is 2.04. The minimum atomic E-state index is -4.58. The highest BCUT2D eigenvalue weighted by Gasteiger charge is 2.32. The first-order valence-corrected chi connectivity index (χ1v) is 6.71. The summed E-state index contributed by atoms with van der Waals surface area (Å²) in [4.78, 5) is 16.1. The molecule has 1 saturated heterocycles. The molecular weight excluding hydrogens is 303 g/mol. The summed E-state index contributed by atoms with van der Waals surface area (Å²) in [6, 6.07) is 2.82. The lowest BCUT2D eigenvalue weighted by Gasteiger charge is -2.14. The van der Waals surface area contributed by atoms with Gasteiger partial charge in [0.1, 0.15) is 5.75 Å². The molecule has 0 bridgehead atoms. The van der Waals surface area contributed by atoms with Gasteiger partial charge in [0.2, 0.25) is 0 Å². The van der Waals surface area contributed by atoms with E-state index in [0.29, 0.717) is 13.2 Å². The molecule has 8 heteroatoms. The number of alkyl halides is 3. The van der Waals surface area contributed by atoms with Crippen LogP contribution in [-0.4, -0.2) is 32.8 Å². The molecule has 122 valence electrons. The second-order valence-corrected chi connectivity index (χ2v) is 4.88. The number of hydrogen-bond acceptors (Lipinski definition) is 5. The van der Waals surface area contributed by atoms with Crippen molar-refractivity contribution >= 4 is 5.97 Å². The summed E-state index contributed by atoms with van der Waals surface area (Å²) in [5, 5.41) is 0. The van der Waals surface area contributed by atoms with Gasteiger partial charge in [0.05, 0.1) is 24.3 Å². The molecule has 0 aliphatic carbocycles. The van der Waals surface area contributed by atoms with Gasteiger partial charge in [0.25, 0.3) is 0 Å². The second kappa shape index (κ2) is 6.97. The van der Waals surface area contributed by atoms with Crippen LogP contribution in [0.1, 0.15) is 22.3 Å². The van der Waals surface area contributed by atoms with Crippen LogP contribution in [0.15, 0.2) is 18.2 Å². The zero-order valence-electron chi connectivity index (χ0n) is 11.9. The summed E-state index contributed by atoms with van der Waals surface area (Å²) < 4.78 is 49.2. The molecule has 1 aromatic rings. The van der Waals surface area contributed by atoms with Crippen molar-refractivity contribution in [2.75, 3.05) is 26.9 Å². The van der Waals surface area contributed by atoms with Gasteiger partial charge in [0, 0.05) is 19.6 Å². The maximum atomic E-state index is 12.9. The number of rotatable bonds is 5. The van der Waals surface area contributed by atoms with E-state index >= 15 is 0 Å². The van der Waals surface area contributed by atoms with E-state index in [1.165, 1.54) is 13.1 Å². The lowest BCUT2D eigenvalue weighted by Crippen LogP contribution is -2.17. The normalized spacial score (nSPS) is 18.3. The molecule has 0 radical (unpaired) electrons. The lowest BCUT2D eigenvalue weighted by atomic mass is 10.1. The van der Waals surface area contributed by atoms with E-state index in [1.807, 2.05) is 0 Å². The summed E-state index contributed by atoms with van der Waals surface area (Å²) >= 11 is 0. The molecule has 1 atom stereocenters. The van der Waals surface area contributed by atoms with Gasteiger partial charge in [-0.25, -0.2) is 4.79 Å². The van der Waals surface area contributed by atoms with Crippen LogP contribution in [0.5, 0.6) is 5.75 Å². The molecule has 1 fully saturated rings. The first-order chi connectivity index (χ1) is 10.4. The minimum Gasteiger partial charge on any atom is -0.493 e. The molecule has 0 aromatic heterocycles. The average molecular weight is 319 g/mol. The van der Waals surface area contributed by atoms with E-state index in [-0.39, 0.29) is 23.8 Å². The highest BCUT2D eigenvalue weighted by Crippen LogP contribution is 2.33. The molecule has 0 spiro atoms. The van der Waals surface area contributed by atoms with E-state index in [0.717, 1.165) is 18.6 Å². The Balaban J connectivity index is 2.19. The van der Waals surface area contributed by atoms with Gasteiger partial charge >= 0.3 is 12.1 Å². The van der Waals surface area contributed by atoms with Gasteiger partial charge in [-0.15, -0.1) is 0 Å². The van der Waals surface area contributed by atoms with E-state index in [4.69, 9.17) is 9.47 Å². The highest BCUT2D eigenvalue weighted by atomic mass is 19.4. The van der Waals surface area contributed by atoms with Gasteiger partial charge in [-0.05, 0) is 24.6 Å². The molecule has 1 N–H and O–H groups in total. The fraction of sp³-hybridized carbons (Fsp3) is 0.500. The van der Waals surface area contributed by atoms with Crippen molar-refractivity contribution in [3.05, 3.63) is 29.3 Å². The van der Waals surface area contributed by atoms with E-state index in [2.05, 4.69) is 10.3 Å². The third-order valence-electron chi connectivity index (χ3n) is 3.17. The van der Waals surface area contributed by atoms with Gasteiger partial charge < -0.3 is 14.3 Å².